The maximum atomic E-state index is 13.8. The summed E-state index contributed by atoms with van der Waals surface area (Å²) in [6, 6.07) is 21.4. The number of hydrogen-bond donors (Lipinski definition) is 3. The molecular formula is C25H24FN3O2S. The van der Waals surface area contributed by atoms with Gasteiger partial charge in [-0.05, 0) is 41.8 Å². The molecule has 0 spiro atoms. The summed E-state index contributed by atoms with van der Waals surface area (Å²) in [6.45, 7) is 0.534. The van der Waals surface area contributed by atoms with Gasteiger partial charge >= 0.3 is 0 Å². The molecular weight excluding hydrogens is 425 g/mol. The lowest BCUT2D eigenvalue weighted by Gasteiger charge is -2.27. The van der Waals surface area contributed by atoms with Gasteiger partial charge in [0.05, 0.1) is 11.4 Å². The summed E-state index contributed by atoms with van der Waals surface area (Å²) in [6.07, 6.45) is 0.752. The van der Waals surface area contributed by atoms with Gasteiger partial charge in [-0.15, -0.1) is 0 Å². The van der Waals surface area contributed by atoms with E-state index in [-0.39, 0.29) is 17.6 Å². The highest BCUT2D eigenvalue weighted by Crippen LogP contribution is 2.29. The first-order chi connectivity index (χ1) is 15.6. The third-order valence-electron chi connectivity index (χ3n) is 5.23. The van der Waals surface area contributed by atoms with Gasteiger partial charge in [-0.1, -0.05) is 48.5 Å². The zero-order valence-electron chi connectivity index (χ0n) is 17.4. The van der Waals surface area contributed by atoms with Crippen LogP contribution >= 0.6 is 11.8 Å². The van der Waals surface area contributed by atoms with Crippen LogP contribution in [0.25, 0.3) is 0 Å². The highest BCUT2D eigenvalue weighted by molar-refractivity contribution is 7.98. The Morgan fingerprint density at radius 3 is 2.59 bits per heavy atom. The first-order valence-corrected chi connectivity index (χ1v) is 11.6. The Morgan fingerprint density at radius 1 is 1.00 bits per heavy atom. The van der Waals surface area contributed by atoms with Crippen LogP contribution in [0.15, 0.2) is 72.8 Å². The van der Waals surface area contributed by atoms with E-state index in [9.17, 15) is 14.0 Å². The molecule has 2 amide bonds. The molecule has 3 N–H and O–H groups in total. The van der Waals surface area contributed by atoms with Gasteiger partial charge in [0.2, 0.25) is 5.91 Å². The SMILES string of the molecule is O=C(NCCc1ccccc1)c1ccc2c(c1)NC(=O)C(CSCc1ccccc1F)N2. The third kappa shape index (κ3) is 5.48. The second-order valence-corrected chi connectivity index (χ2v) is 8.57. The number of fused-ring (bicyclic) bond motifs is 1. The lowest BCUT2D eigenvalue weighted by Crippen LogP contribution is -2.40. The van der Waals surface area contributed by atoms with E-state index < -0.39 is 6.04 Å². The Hall–Kier alpha value is -3.32. The average Bonchev–Trinajstić information content (AvgIpc) is 2.81. The summed E-state index contributed by atoms with van der Waals surface area (Å²) >= 11 is 1.49. The van der Waals surface area contributed by atoms with Crippen molar-refractivity contribution in [3.63, 3.8) is 0 Å². The first kappa shape index (κ1) is 21.9. The van der Waals surface area contributed by atoms with Crippen LogP contribution in [-0.4, -0.2) is 30.2 Å². The van der Waals surface area contributed by atoms with E-state index >= 15 is 0 Å². The van der Waals surface area contributed by atoms with Crippen molar-refractivity contribution in [3.05, 3.63) is 95.3 Å². The van der Waals surface area contributed by atoms with Gasteiger partial charge in [0, 0.05) is 23.6 Å². The number of halogens is 1. The van der Waals surface area contributed by atoms with Crippen LogP contribution in [0.2, 0.25) is 0 Å². The van der Waals surface area contributed by atoms with E-state index in [2.05, 4.69) is 16.0 Å². The van der Waals surface area contributed by atoms with E-state index in [1.54, 1.807) is 36.4 Å². The van der Waals surface area contributed by atoms with Crippen molar-refractivity contribution in [1.29, 1.82) is 0 Å². The van der Waals surface area contributed by atoms with Crippen molar-refractivity contribution in [3.8, 4) is 0 Å². The second kappa shape index (κ2) is 10.3. The predicted octanol–water partition coefficient (Wildman–Crippen LogP) is 4.46. The monoisotopic (exact) mass is 449 g/mol. The minimum atomic E-state index is -0.426. The van der Waals surface area contributed by atoms with Crippen LogP contribution in [0, 0.1) is 5.82 Å². The van der Waals surface area contributed by atoms with Crippen molar-refractivity contribution in [2.45, 2.75) is 18.2 Å². The van der Waals surface area contributed by atoms with E-state index in [0.29, 0.717) is 34.9 Å². The average molecular weight is 450 g/mol. The normalized spacial score (nSPS) is 14.8. The van der Waals surface area contributed by atoms with Crippen molar-refractivity contribution < 1.29 is 14.0 Å². The maximum Gasteiger partial charge on any atom is 0.251 e. The Labute approximate surface area is 190 Å². The molecule has 0 bridgehead atoms. The predicted molar refractivity (Wildman–Crippen MR) is 128 cm³/mol. The lowest BCUT2D eigenvalue weighted by atomic mass is 10.1. The number of anilines is 2. The van der Waals surface area contributed by atoms with Crippen LogP contribution in [0.3, 0.4) is 0 Å². The fraction of sp³-hybridized carbons (Fsp3) is 0.200. The number of amides is 2. The molecule has 7 heteroatoms. The number of benzene rings is 3. The summed E-state index contributed by atoms with van der Waals surface area (Å²) in [4.78, 5) is 25.0. The number of carbonyl (C=O) groups excluding carboxylic acids is 2. The molecule has 1 aliphatic heterocycles. The van der Waals surface area contributed by atoms with Crippen LogP contribution < -0.4 is 16.0 Å². The molecule has 0 saturated heterocycles. The smallest absolute Gasteiger partial charge is 0.251 e. The van der Waals surface area contributed by atoms with Crippen molar-refractivity contribution >= 4 is 35.0 Å². The Kier molecular flexibility index (Phi) is 7.07. The molecule has 4 rings (SSSR count). The summed E-state index contributed by atoms with van der Waals surface area (Å²) in [7, 11) is 0. The van der Waals surface area contributed by atoms with Gasteiger partial charge in [-0.3, -0.25) is 9.59 Å². The van der Waals surface area contributed by atoms with E-state index in [4.69, 9.17) is 0 Å². The molecule has 32 heavy (non-hydrogen) atoms. The number of rotatable bonds is 8. The maximum absolute atomic E-state index is 13.8. The third-order valence-corrected chi connectivity index (χ3v) is 6.31. The standard InChI is InChI=1S/C25H24FN3O2S/c26-20-9-5-4-8-19(20)15-32-16-23-25(31)29-22-14-18(10-11-21(22)28-23)24(30)27-13-12-17-6-2-1-3-7-17/h1-11,14,23,28H,12-13,15-16H2,(H,27,30)(H,29,31). The fourth-order valence-electron chi connectivity index (χ4n) is 3.47. The molecule has 1 unspecified atom stereocenters. The molecule has 3 aromatic carbocycles. The number of carbonyl (C=O) groups is 2. The molecule has 3 aromatic rings. The zero-order chi connectivity index (χ0) is 22.3. The zero-order valence-corrected chi connectivity index (χ0v) is 18.3. The quantitative estimate of drug-likeness (QED) is 0.475. The van der Waals surface area contributed by atoms with Gasteiger partial charge in [-0.25, -0.2) is 4.39 Å². The van der Waals surface area contributed by atoms with Gasteiger partial charge in [0.1, 0.15) is 11.9 Å². The minimum Gasteiger partial charge on any atom is -0.371 e. The molecule has 164 valence electrons. The molecule has 1 aliphatic rings. The topological polar surface area (TPSA) is 70.2 Å². The Bertz CT molecular complexity index is 1110. The van der Waals surface area contributed by atoms with Gasteiger partial charge in [0.25, 0.3) is 5.91 Å². The lowest BCUT2D eigenvalue weighted by molar-refractivity contribution is -0.116. The van der Waals surface area contributed by atoms with Crippen molar-refractivity contribution in [1.82, 2.24) is 5.32 Å². The Morgan fingerprint density at radius 2 is 1.78 bits per heavy atom. The van der Waals surface area contributed by atoms with Crippen LogP contribution in [0.5, 0.6) is 0 Å². The largest absolute Gasteiger partial charge is 0.371 e. The number of thioether (sulfide) groups is 1. The van der Waals surface area contributed by atoms with Crippen LogP contribution in [0.4, 0.5) is 15.8 Å². The number of nitrogens with one attached hydrogen (secondary N) is 3. The van der Waals surface area contributed by atoms with Gasteiger partial charge in [-0.2, -0.15) is 11.8 Å². The molecule has 0 radical (unpaired) electrons. The van der Waals surface area contributed by atoms with E-state index in [0.717, 1.165) is 17.7 Å². The summed E-state index contributed by atoms with van der Waals surface area (Å²) in [5.74, 6) is 0.413. The summed E-state index contributed by atoms with van der Waals surface area (Å²) in [5.41, 5.74) is 3.62. The molecule has 0 fully saturated rings. The molecule has 5 nitrogen and oxygen atoms in total. The minimum absolute atomic E-state index is 0.167. The van der Waals surface area contributed by atoms with Gasteiger partial charge < -0.3 is 16.0 Å². The summed E-state index contributed by atoms with van der Waals surface area (Å²) in [5, 5.41) is 9.01. The van der Waals surface area contributed by atoms with Crippen molar-refractivity contribution in [2.75, 3.05) is 22.9 Å². The van der Waals surface area contributed by atoms with Crippen LogP contribution in [-0.2, 0) is 17.0 Å². The molecule has 1 heterocycles. The highest BCUT2D eigenvalue weighted by atomic mass is 32.2. The van der Waals surface area contributed by atoms with Crippen LogP contribution in [0.1, 0.15) is 21.5 Å². The first-order valence-electron chi connectivity index (χ1n) is 10.4. The second-order valence-electron chi connectivity index (χ2n) is 7.54. The Balaban J connectivity index is 1.30. The molecule has 1 atom stereocenters. The van der Waals surface area contributed by atoms with E-state index in [1.165, 1.54) is 17.8 Å². The molecule has 0 aromatic heterocycles. The van der Waals surface area contributed by atoms with E-state index in [1.807, 2.05) is 30.3 Å². The van der Waals surface area contributed by atoms with Gasteiger partial charge in [0.15, 0.2) is 0 Å². The fourth-order valence-corrected chi connectivity index (χ4v) is 4.52. The summed E-state index contributed by atoms with van der Waals surface area (Å²) < 4.78 is 13.8. The number of hydrogen-bond acceptors (Lipinski definition) is 4. The highest BCUT2D eigenvalue weighted by Gasteiger charge is 2.26. The molecule has 0 aliphatic carbocycles. The molecule has 0 saturated carbocycles. The van der Waals surface area contributed by atoms with Crippen molar-refractivity contribution in [2.24, 2.45) is 0 Å².